The molecular weight excluding hydrogens is 304 g/mol. The van der Waals surface area contributed by atoms with Gasteiger partial charge in [-0.3, -0.25) is 0 Å². The van der Waals surface area contributed by atoms with Gasteiger partial charge >= 0.3 is 6.03 Å². The van der Waals surface area contributed by atoms with E-state index in [1.165, 1.54) is 0 Å². The number of nitrogens with zero attached hydrogens (tertiary/aromatic N) is 1. The van der Waals surface area contributed by atoms with Crippen LogP contribution in [-0.2, 0) is 11.3 Å². The first kappa shape index (κ1) is 16.3. The fraction of sp³-hybridized carbons (Fsp3) is 0.316. The van der Waals surface area contributed by atoms with Crippen LogP contribution >= 0.6 is 0 Å². The number of carbonyl (C=O) groups is 1. The average molecular weight is 326 g/mol. The van der Waals surface area contributed by atoms with Crippen LogP contribution in [0.15, 0.2) is 54.6 Å². The van der Waals surface area contributed by atoms with Crippen molar-refractivity contribution < 1.29 is 14.3 Å². The molecule has 0 radical (unpaired) electrons. The zero-order chi connectivity index (χ0) is 16.8. The Balaban J connectivity index is 1.58. The summed E-state index contributed by atoms with van der Waals surface area (Å²) in [6.07, 6.45) is -0.0723. The van der Waals surface area contributed by atoms with E-state index in [-0.39, 0.29) is 12.1 Å². The molecule has 0 bridgehead atoms. The Morgan fingerprint density at radius 3 is 2.75 bits per heavy atom. The molecule has 5 heteroatoms. The molecule has 1 aliphatic rings. The third-order valence-electron chi connectivity index (χ3n) is 4.15. The molecule has 1 atom stereocenters. The third-order valence-corrected chi connectivity index (χ3v) is 4.15. The molecule has 0 saturated carbocycles. The van der Waals surface area contributed by atoms with Gasteiger partial charge in [0.15, 0.2) is 0 Å². The van der Waals surface area contributed by atoms with Crippen LogP contribution in [0.3, 0.4) is 0 Å². The molecule has 1 heterocycles. The minimum absolute atomic E-state index is 0.0723. The van der Waals surface area contributed by atoms with E-state index in [0.717, 1.165) is 16.9 Å². The van der Waals surface area contributed by atoms with Crippen molar-refractivity contribution in [2.24, 2.45) is 0 Å². The number of methoxy groups -OCH3 is 1. The first-order chi connectivity index (χ1) is 11.8. The van der Waals surface area contributed by atoms with Gasteiger partial charge in [-0.25, -0.2) is 4.79 Å². The van der Waals surface area contributed by atoms with Crippen molar-refractivity contribution in [3.05, 3.63) is 65.7 Å². The summed E-state index contributed by atoms with van der Waals surface area (Å²) in [5, 5.41) is 2.97. The second kappa shape index (κ2) is 7.84. The summed E-state index contributed by atoms with van der Waals surface area (Å²) in [6, 6.07) is 17.6. The number of hydrogen-bond acceptors (Lipinski definition) is 3. The average Bonchev–Trinajstić information content (AvgIpc) is 2.67. The van der Waals surface area contributed by atoms with Crippen LogP contribution in [-0.4, -0.2) is 37.7 Å². The topological polar surface area (TPSA) is 50.8 Å². The van der Waals surface area contributed by atoms with Crippen LogP contribution in [0.5, 0.6) is 5.75 Å². The summed E-state index contributed by atoms with van der Waals surface area (Å²) in [6.45, 7) is 2.14. The van der Waals surface area contributed by atoms with E-state index >= 15 is 0 Å². The van der Waals surface area contributed by atoms with Crippen LogP contribution < -0.4 is 10.1 Å². The van der Waals surface area contributed by atoms with E-state index in [9.17, 15) is 4.79 Å². The van der Waals surface area contributed by atoms with Crippen LogP contribution in [0.2, 0.25) is 0 Å². The molecule has 1 aliphatic heterocycles. The number of amides is 2. The van der Waals surface area contributed by atoms with Crippen LogP contribution in [0.25, 0.3) is 0 Å². The predicted molar refractivity (Wildman–Crippen MR) is 91.9 cm³/mol. The van der Waals surface area contributed by atoms with Crippen molar-refractivity contribution >= 4 is 6.03 Å². The Hall–Kier alpha value is -2.53. The second-order valence-electron chi connectivity index (χ2n) is 5.69. The van der Waals surface area contributed by atoms with Gasteiger partial charge in [-0.2, -0.15) is 0 Å². The number of nitrogens with one attached hydrogen (secondary N) is 1. The maximum absolute atomic E-state index is 12.5. The highest BCUT2D eigenvalue weighted by Gasteiger charge is 2.25. The Kier molecular flexibility index (Phi) is 5.33. The smallest absolute Gasteiger partial charge is 0.317 e. The SMILES string of the molecule is COc1ccccc1CNC(=O)N1CCOC(c2ccccc2)C1. The predicted octanol–water partition coefficient (Wildman–Crippen LogP) is 2.98. The lowest BCUT2D eigenvalue weighted by Crippen LogP contribution is -2.46. The number of urea groups is 1. The molecule has 2 amide bonds. The van der Waals surface area contributed by atoms with Crippen LogP contribution in [0.1, 0.15) is 17.2 Å². The van der Waals surface area contributed by atoms with Crippen molar-refractivity contribution in [2.75, 3.05) is 26.8 Å². The zero-order valence-electron chi connectivity index (χ0n) is 13.8. The van der Waals surface area contributed by atoms with Crippen molar-refractivity contribution in [3.63, 3.8) is 0 Å². The van der Waals surface area contributed by atoms with Gasteiger partial charge in [0.1, 0.15) is 11.9 Å². The van der Waals surface area contributed by atoms with Gasteiger partial charge in [-0.05, 0) is 11.6 Å². The Morgan fingerprint density at radius 1 is 1.21 bits per heavy atom. The minimum atomic E-state index is -0.0786. The molecule has 3 rings (SSSR count). The molecule has 1 fully saturated rings. The molecular formula is C19H22N2O3. The number of carbonyl (C=O) groups excluding carboxylic acids is 1. The van der Waals surface area contributed by atoms with Crippen molar-refractivity contribution in [2.45, 2.75) is 12.6 Å². The number of morpholine rings is 1. The van der Waals surface area contributed by atoms with Crippen molar-refractivity contribution in [1.82, 2.24) is 10.2 Å². The molecule has 126 valence electrons. The van der Waals surface area contributed by atoms with Gasteiger partial charge < -0.3 is 19.7 Å². The highest BCUT2D eigenvalue weighted by molar-refractivity contribution is 5.74. The number of para-hydroxylation sites is 1. The molecule has 0 spiro atoms. The molecule has 5 nitrogen and oxygen atoms in total. The highest BCUT2D eigenvalue weighted by Crippen LogP contribution is 2.22. The highest BCUT2D eigenvalue weighted by atomic mass is 16.5. The number of hydrogen-bond donors (Lipinski definition) is 1. The summed E-state index contributed by atoms with van der Waals surface area (Å²) < 4.78 is 11.1. The molecule has 2 aromatic carbocycles. The van der Waals surface area contributed by atoms with Crippen LogP contribution in [0, 0.1) is 0 Å². The fourth-order valence-corrected chi connectivity index (χ4v) is 2.83. The zero-order valence-corrected chi connectivity index (χ0v) is 13.8. The number of rotatable bonds is 4. The first-order valence-electron chi connectivity index (χ1n) is 8.09. The van der Waals surface area contributed by atoms with Gasteiger partial charge in [-0.15, -0.1) is 0 Å². The van der Waals surface area contributed by atoms with Gasteiger partial charge in [0.2, 0.25) is 0 Å². The Morgan fingerprint density at radius 2 is 1.96 bits per heavy atom. The number of ether oxygens (including phenoxy) is 2. The van der Waals surface area contributed by atoms with E-state index in [1.807, 2.05) is 54.6 Å². The maximum Gasteiger partial charge on any atom is 0.317 e. The summed E-state index contributed by atoms with van der Waals surface area (Å²) >= 11 is 0. The Bertz CT molecular complexity index is 675. The lowest BCUT2D eigenvalue weighted by molar-refractivity contribution is -0.0154. The first-order valence-corrected chi connectivity index (χ1v) is 8.09. The monoisotopic (exact) mass is 326 g/mol. The summed E-state index contributed by atoms with van der Waals surface area (Å²) in [5.74, 6) is 0.780. The largest absolute Gasteiger partial charge is 0.496 e. The molecule has 0 aromatic heterocycles. The minimum Gasteiger partial charge on any atom is -0.496 e. The lowest BCUT2D eigenvalue weighted by Gasteiger charge is -2.33. The standard InChI is InChI=1S/C19H22N2O3/c1-23-17-10-6-5-9-16(17)13-20-19(22)21-11-12-24-18(14-21)15-7-3-2-4-8-15/h2-10,18H,11-14H2,1H3,(H,20,22). The second-order valence-corrected chi connectivity index (χ2v) is 5.69. The third kappa shape index (κ3) is 3.86. The Labute approximate surface area is 142 Å². The van der Waals surface area contributed by atoms with E-state index in [2.05, 4.69) is 5.32 Å². The van der Waals surface area contributed by atoms with Crippen LogP contribution in [0.4, 0.5) is 4.79 Å². The van der Waals surface area contributed by atoms with Gasteiger partial charge in [0, 0.05) is 18.7 Å². The van der Waals surface area contributed by atoms with Gasteiger partial charge in [0.25, 0.3) is 0 Å². The van der Waals surface area contributed by atoms with Crippen molar-refractivity contribution in [1.29, 1.82) is 0 Å². The maximum atomic E-state index is 12.5. The van der Waals surface area contributed by atoms with Crippen molar-refractivity contribution in [3.8, 4) is 5.75 Å². The summed E-state index contributed by atoms with van der Waals surface area (Å²) in [7, 11) is 1.63. The van der Waals surface area contributed by atoms with E-state index in [0.29, 0.717) is 26.2 Å². The van der Waals surface area contributed by atoms with E-state index < -0.39 is 0 Å². The van der Waals surface area contributed by atoms with E-state index in [4.69, 9.17) is 9.47 Å². The number of benzene rings is 2. The lowest BCUT2D eigenvalue weighted by atomic mass is 10.1. The molecule has 2 aromatic rings. The fourth-order valence-electron chi connectivity index (χ4n) is 2.83. The van der Waals surface area contributed by atoms with Gasteiger partial charge in [0.05, 0.1) is 20.3 Å². The quantitative estimate of drug-likeness (QED) is 0.940. The summed E-state index contributed by atoms with van der Waals surface area (Å²) in [4.78, 5) is 14.3. The normalized spacial score (nSPS) is 17.4. The van der Waals surface area contributed by atoms with E-state index in [1.54, 1.807) is 12.0 Å². The molecule has 1 N–H and O–H groups in total. The summed E-state index contributed by atoms with van der Waals surface area (Å²) in [5.41, 5.74) is 2.06. The molecule has 24 heavy (non-hydrogen) atoms. The molecule has 0 aliphatic carbocycles. The molecule has 1 unspecified atom stereocenters. The van der Waals surface area contributed by atoms with Gasteiger partial charge in [-0.1, -0.05) is 48.5 Å². The molecule has 1 saturated heterocycles.